The van der Waals surface area contributed by atoms with Gasteiger partial charge in [0.05, 0.1) is 21.3 Å². The first-order chi connectivity index (χ1) is 13.3. The maximum Gasteiger partial charge on any atom is 0.244 e. The van der Waals surface area contributed by atoms with Gasteiger partial charge in [-0.1, -0.05) is 41.9 Å². The summed E-state index contributed by atoms with van der Waals surface area (Å²) >= 11 is 3.44. The molecule has 6 heteroatoms. The average molecular weight is 448 g/mol. The Morgan fingerprint density at radius 1 is 1.04 bits per heavy atom. The van der Waals surface area contributed by atoms with Crippen LogP contribution in [0.15, 0.2) is 46.9 Å². The first kappa shape index (κ1) is 21.8. The van der Waals surface area contributed by atoms with Gasteiger partial charge in [-0.05, 0) is 41.5 Å². The van der Waals surface area contributed by atoms with E-state index in [4.69, 9.17) is 14.2 Å². The molecule has 1 amide bonds. The Hall–Kier alpha value is -2.47. The summed E-state index contributed by atoms with van der Waals surface area (Å²) in [5.74, 6) is 1.43. The number of amides is 1. The van der Waals surface area contributed by atoms with E-state index in [0.29, 0.717) is 23.8 Å². The van der Waals surface area contributed by atoms with Crippen LogP contribution in [0.4, 0.5) is 0 Å². The summed E-state index contributed by atoms with van der Waals surface area (Å²) in [6.45, 7) is 4.71. The quantitative estimate of drug-likeness (QED) is 0.601. The minimum absolute atomic E-state index is 0.168. The highest BCUT2D eigenvalue weighted by atomic mass is 79.9. The number of nitrogens with one attached hydrogen (secondary N) is 1. The molecular weight excluding hydrogens is 422 g/mol. The topological polar surface area (TPSA) is 56.8 Å². The van der Waals surface area contributed by atoms with Gasteiger partial charge in [0.2, 0.25) is 11.7 Å². The van der Waals surface area contributed by atoms with Crippen LogP contribution in [-0.2, 0) is 10.2 Å². The second-order valence-electron chi connectivity index (χ2n) is 6.90. The molecule has 0 aliphatic rings. The normalized spacial score (nSPS) is 11.4. The number of methoxy groups -OCH3 is 3. The van der Waals surface area contributed by atoms with E-state index in [1.165, 1.54) is 6.08 Å². The van der Waals surface area contributed by atoms with Gasteiger partial charge >= 0.3 is 0 Å². The van der Waals surface area contributed by atoms with Crippen molar-refractivity contribution in [3.63, 3.8) is 0 Å². The van der Waals surface area contributed by atoms with Crippen LogP contribution in [0.2, 0.25) is 0 Å². The predicted molar refractivity (Wildman–Crippen MR) is 115 cm³/mol. The third-order valence-corrected chi connectivity index (χ3v) is 4.97. The molecule has 28 heavy (non-hydrogen) atoms. The number of ether oxygens (including phenoxy) is 3. The predicted octanol–water partition coefficient (Wildman–Crippen LogP) is 4.58. The Balaban J connectivity index is 2.06. The highest BCUT2D eigenvalue weighted by molar-refractivity contribution is 9.10. The Kier molecular flexibility index (Phi) is 7.52. The lowest BCUT2D eigenvalue weighted by Gasteiger charge is -2.25. The van der Waals surface area contributed by atoms with Crippen molar-refractivity contribution in [2.45, 2.75) is 19.3 Å². The van der Waals surface area contributed by atoms with Crippen LogP contribution < -0.4 is 19.5 Å². The molecule has 0 radical (unpaired) electrons. The summed E-state index contributed by atoms with van der Waals surface area (Å²) in [5, 5.41) is 2.96. The molecule has 0 bridgehead atoms. The van der Waals surface area contributed by atoms with Crippen LogP contribution in [-0.4, -0.2) is 33.8 Å². The second-order valence-corrected chi connectivity index (χ2v) is 7.82. The molecule has 1 N–H and O–H groups in total. The molecule has 0 unspecified atom stereocenters. The summed E-state index contributed by atoms with van der Waals surface area (Å²) < 4.78 is 17.0. The molecule has 5 nitrogen and oxygen atoms in total. The standard InChI is InChI=1S/C22H26BrNO4/c1-22(2,16-7-9-17(23)10-8-16)14-24-20(25)11-6-15-12-18(26-3)21(28-5)19(13-15)27-4/h6-13H,14H2,1-5H3,(H,24,25)/b11-6+. The first-order valence-electron chi connectivity index (χ1n) is 8.82. The van der Waals surface area contributed by atoms with E-state index in [9.17, 15) is 4.79 Å². The Morgan fingerprint density at radius 3 is 2.11 bits per heavy atom. The van der Waals surface area contributed by atoms with Crippen molar-refractivity contribution in [2.24, 2.45) is 0 Å². The van der Waals surface area contributed by atoms with Gasteiger partial charge in [-0.2, -0.15) is 0 Å². The number of carbonyl (C=O) groups excluding carboxylic acids is 1. The van der Waals surface area contributed by atoms with E-state index in [0.717, 1.165) is 15.6 Å². The van der Waals surface area contributed by atoms with Crippen molar-refractivity contribution in [3.8, 4) is 17.2 Å². The molecular formula is C22H26BrNO4. The minimum Gasteiger partial charge on any atom is -0.493 e. The van der Waals surface area contributed by atoms with Gasteiger partial charge < -0.3 is 19.5 Å². The minimum atomic E-state index is -0.184. The molecule has 0 aliphatic heterocycles. The number of hydrogen-bond donors (Lipinski definition) is 1. The van der Waals surface area contributed by atoms with Crippen LogP contribution in [0, 0.1) is 0 Å². The van der Waals surface area contributed by atoms with Gasteiger partial charge in [-0.25, -0.2) is 0 Å². The molecule has 0 saturated heterocycles. The number of carbonyl (C=O) groups is 1. The Morgan fingerprint density at radius 2 is 1.61 bits per heavy atom. The van der Waals surface area contributed by atoms with Gasteiger partial charge in [0.15, 0.2) is 11.5 Å². The molecule has 0 atom stereocenters. The molecule has 0 fully saturated rings. The molecule has 0 saturated carbocycles. The highest BCUT2D eigenvalue weighted by Gasteiger charge is 2.21. The summed E-state index contributed by atoms with van der Waals surface area (Å²) in [4.78, 5) is 12.3. The van der Waals surface area contributed by atoms with Crippen molar-refractivity contribution in [1.82, 2.24) is 5.32 Å². The van der Waals surface area contributed by atoms with Crippen molar-refractivity contribution in [2.75, 3.05) is 27.9 Å². The largest absolute Gasteiger partial charge is 0.493 e. The Labute approximate surface area is 174 Å². The van der Waals surface area contributed by atoms with E-state index in [1.807, 2.05) is 12.1 Å². The Bertz CT molecular complexity index is 819. The van der Waals surface area contributed by atoms with E-state index in [1.54, 1.807) is 39.5 Å². The number of halogens is 1. The van der Waals surface area contributed by atoms with Crippen molar-refractivity contribution >= 4 is 27.9 Å². The van der Waals surface area contributed by atoms with Gasteiger partial charge in [0, 0.05) is 22.5 Å². The van der Waals surface area contributed by atoms with Gasteiger partial charge in [-0.3, -0.25) is 4.79 Å². The summed E-state index contributed by atoms with van der Waals surface area (Å²) in [7, 11) is 4.67. The van der Waals surface area contributed by atoms with Crippen LogP contribution >= 0.6 is 15.9 Å². The van der Waals surface area contributed by atoms with Crippen molar-refractivity contribution in [3.05, 3.63) is 58.1 Å². The lowest BCUT2D eigenvalue weighted by Crippen LogP contribution is -2.35. The van der Waals surface area contributed by atoms with E-state index >= 15 is 0 Å². The number of rotatable bonds is 8. The molecule has 0 heterocycles. The molecule has 2 rings (SSSR count). The zero-order valence-electron chi connectivity index (χ0n) is 16.8. The van der Waals surface area contributed by atoms with Crippen molar-refractivity contribution < 1.29 is 19.0 Å². The van der Waals surface area contributed by atoms with E-state index in [2.05, 4.69) is 47.2 Å². The maximum atomic E-state index is 12.3. The van der Waals surface area contributed by atoms with E-state index < -0.39 is 0 Å². The van der Waals surface area contributed by atoms with Crippen LogP contribution in [0.3, 0.4) is 0 Å². The van der Waals surface area contributed by atoms with Crippen LogP contribution in [0.5, 0.6) is 17.2 Å². The zero-order valence-corrected chi connectivity index (χ0v) is 18.4. The molecule has 2 aromatic rings. The highest BCUT2D eigenvalue weighted by Crippen LogP contribution is 2.38. The summed E-state index contributed by atoms with van der Waals surface area (Å²) in [6.07, 6.45) is 3.21. The maximum absolute atomic E-state index is 12.3. The van der Waals surface area contributed by atoms with Crippen LogP contribution in [0.25, 0.3) is 6.08 Å². The molecule has 0 aromatic heterocycles. The number of hydrogen-bond acceptors (Lipinski definition) is 4. The zero-order chi connectivity index (χ0) is 20.7. The van der Waals surface area contributed by atoms with E-state index in [-0.39, 0.29) is 11.3 Å². The molecule has 0 aliphatic carbocycles. The number of benzene rings is 2. The first-order valence-corrected chi connectivity index (χ1v) is 9.62. The van der Waals surface area contributed by atoms with Gasteiger partial charge in [0.1, 0.15) is 0 Å². The molecule has 150 valence electrons. The third-order valence-electron chi connectivity index (χ3n) is 4.44. The van der Waals surface area contributed by atoms with Crippen LogP contribution in [0.1, 0.15) is 25.0 Å². The fraction of sp³-hybridized carbons (Fsp3) is 0.318. The summed E-state index contributed by atoms with van der Waals surface area (Å²) in [5.41, 5.74) is 1.75. The fourth-order valence-corrected chi connectivity index (χ4v) is 3.00. The van der Waals surface area contributed by atoms with Gasteiger partial charge in [0.25, 0.3) is 0 Å². The van der Waals surface area contributed by atoms with Crippen molar-refractivity contribution in [1.29, 1.82) is 0 Å². The smallest absolute Gasteiger partial charge is 0.244 e. The van der Waals surface area contributed by atoms with Gasteiger partial charge in [-0.15, -0.1) is 0 Å². The molecule has 0 spiro atoms. The summed E-state index contributed by atoms with van der Waals surface area (Å²) in [6, 6.07) is 11.7. The second kappa shape index (κ2) is 9.64. The monoisotopic (exact) mass is 447 g/mol. The lowest BCUT2D eigenvalue weighted by molar-refractivity contribution is -0.116. The lowest BCUT2D eigenvalue weighted by atomic mass is 9.84. The fourth-order valence-electron chi connectivity index (χ4n) is 2.74. The third kappa shape index (κ3) is 5.52. The SMILES string of the molecule is COc1cc(/C=C/C(=O)NCC(C)(C)c2ccc(Br)cc2)cc(OC)c1OC. The average Bonchev–Trinajstić information content (AvgIpc) is 2.70. The molecule has 2 aromatic carbocycles.